The molecule has 0 aromatic carbocycles. The van der Waals surface area contributed by atoms with E-state index >= 15 is 0 Å². The van der Waals surface area contributed by atoms with Gasteiger partial charge in [0.15, 0.2) is 11.5 Å². The number of imidazole rings is 1. The van der Waals surface area contributed by atoms with Crippen LogP contribution in [0.4, 0.5) is 5.82 Å². The van der Waals surface area contributed by atoms with E-state index < -0.39 is 8.80 Å². The normalized spacial score (nSPS) is 15.3. The number of aliphatic hydroxyl groups excluding tert-OH is 1. The molecule has 23 heavy (non-hydrogen) atoms. The largest absolute Gasteiger partial charge is 0.394 e. The van der Waals surface area contributed by atoms with Crippen LogP contribution in [0.3, 0.4) is 0 Å². The summed E-state index contributed by atoms with van der Waals surface area (Å²) in [4.78, 5) is 12.5. The summed E-state index contributed by atoms with van der Waals surface area (Å²) < 4.78 is 8.02. The van der Waals surface area contributed by atoms with Crippen molar-refractivity contribution in [1.29, 1.82) is 0 Å². The highest BCUT2D eigenvalue weighted by Crippen LogP contribution is 2.20. The van der Waals surface area contributed by atoms with Crippen molar-refractivity contribution in [2.45, 2.75) is 64.3 Å². The number of ether oxygens (including phenoxy) is 1. The zero-order valence-electron chi connectivity index (χ0n) is 14.5. The Morgan fingerprint density at radius 2 is 2.00 bits per heavy atom. The number of aliphatic hydroxyl groups is 1. The predicted octanol–water partition coefficient (Wildman–Crippen LogP) is 1.37. The number of fused-ring (bicyclic) bond motifs is 1. The second kappa shape index (κ2) is 6.94. The molecule has 2 unspecified atom stereocenters. The molecule has 2 aromatic heterocycles. The highest BCUT2D eigenvalue weighted by molar-refractivity contribution is 6.57. The number of aromatic nitrogens is 4. The number of hydrogen-bond acceptors (Lipinski definition) is 6. The van der Waals surface area contributed by atoms with E-state index in [0.29, 0.717) is 29.9 Å². The topological polar surface area (TPSA) is 99.1 Å². The van der Waals surface area contributed by atoms with Crippen LogP contribution in [0.2, 0.25) is 13.1 Å². The zero-order chi connectivity index (χ0) is 17.2. The number of aryl methyl sites for hydroxylation is 1. The van der Waals surface area contributed by atoms with Crippen molar-refractivity contribution in [3.05, 3.63) is 12.7 Å². The highest BCUT2D eigenvalue weighted by Gasteiger charge is 2.28. The quantitative estimate of drug-likeness (QED) is 0.772. The van der Waals surface area contributed by atoms with E-state index in [2.05, 4.69) is 28.0 Å². The van der Waals surface area contributed by atoms with Gasteiger partial charge in [0.25, 0.3) is 0 Å². The van der Waals surface area contributed by atoms with Crippen molar-refractivity contribution in [2.24, 2.45) is 0 Å². The van der Waals surface area contributed by atoms with Crippen molar-refractivity contribution in [2.75, 3.05) is 5.73 Å². The molecule has 0 aliphatic carbocycles. The summed E-state index contributed by atoms with van der Waals surface area (Å²) in [5.41, 5.74) is 6.45. The first-order valence-electron chi connectivity index (χ1n) is 7.96. The molecule has 0 aliphatic heterocycles. The number of nitrogen functional groups attached to an aromatic ring is 1. The van der Waals surface area contributed by atoms with Crippen molar-refractivity contribution < 1.29 is 9.84 Å². The van der Waals surface area contributed by atoms with Crippen LogP contribution < -0.4 is 5.73 Å². The van der Waals surface area contributed by atoms with Crippen LogP contribution >= 0.6 is 0 Å². The van der Waals surface area contributed by atoms with Gasteiger partial charge in [-0.25, -0.2) is 15.0 Å². The lowest BCUT2D eigenvalue weighted by Crippen LogP contribution is -2.43. The van der Waals surface area contributed by atoms with E-state index in [1.807, 2.05) is 25.3 Å². The van der Waals surface area contributed by atoms with Crippen LogP contribution in [0.5, 0.6) is 0 Å². The minimum Gasteiger partial charge on any atom is -0.394 e. The highest BCUT2D eigenvalue weighted by atomic mass is 28.3. The van der Waals surface area contributed by atoms with Crippen LogP contribution in [0.25, 0.3) is 11.2 Å². The fourth-order valence-electron chi connectivity index (χ4n) is 2.51. The van der Waals surface area contributed by atoms with Crippen molar-refractivity contribution >= 4 is 25.8 Å². The lowest BCUT2D eigenvalue weighted by molar-refractivity contribution is -0.0961. The summed E-state index contributed by atoms with van der Waals surface area (Å²) in [6.07, 6.45) is 3.65. The second-order valence-corrected chi connectivity index (χ2v) is 10.3. The lowest BCUT2D eigenvalue weighted by atomic mass is 10.1. The van der Waals surface area contributed by atoms with Gasteiger partial charge >= 0.3 is 0 Å². The average molecular weight is 338 g/mol. The Morgan fingerprint density at radius 1 is 1.30 bits per heavy atom. The maximum absolute atomic E-state index is 10.5. The van der Waals surface area contributed by atoms with Gasteiger partial charge < -0.3 is 20.1 Å². The Bertz CT molecular complexity index is 653. The molecule has 2 heterocycles. The Hall–Kier alpha value is -1.51. The smallest absolute Gasteiger partial charge is 0.165 e. The Labute approximate surface area is 138 Å². The minimum atomic E-state index is -1.22. The SMILES string of the molecule is C[SiH](C)C(O)C(CCn1cnc2c(N)ncnc21)OC(C)(C)C. The van der Waals surface area contributed by atoms with Gasteiger partial charge in [-0.1, -0.05) is 13.1 Å². The molecule has 0 saturated carbocycles. The van der Waals surface area contributed by atoms with Gasteiger partial charge in [0.2, 0.25) is 0 Å². The van der Waals surface area contributed by atoms with Gasteiger partial charge in [-0.15, -0.1) is 0 Å². The third-order valence-corrected chi connectivity index (χ3v) is 5.45. The van der Waals surface area contributed by atoms with Gasteiger partial charge in [0.05, 0.1) is 32.6 Å². The number of anilines is 1. The molecule has 0 saturated heterocycles. The van der Waals surface area contributed by atoms with Gasteiger partial charge in [-0.05, 0) is 27.2 Å². The Balaban J connectivity index is 2.15. The Morgan fingerprint density at radius 3 is 2.61 bits per heavy atom. The molecular formula is C15H27N5O2Si. The van der Waals surface area contributed by atoms with Crippen LogP contribution in [0.1, 0.15) is 27.2 Å². The number of rotatable bonds is 6. The molecule has 0 bridgehead atoms. The van der Waals surface area contributed by atoms with E-state index in [-0.39, 0.29) is 17.4 Å². The third-order valence-electron chi connectivity index (χ3n) is 3.65. The van der Waals surface area contributed by atoms with Crippen molar-refractivity contribution in [3.8, 4) is 0 Å². The molecule has 0 amide bonds. The molecule has 128 valence electrons. The summed E-state index contributed by atoms with van der Waals surface area (Å²) in [6.45, 7) is 10.9. The molecule has 2 aromatic rings. The van der Waals surface area contributed by atoms with Crippen LogP contribution in [0, 0.1) is 0 Å². The maximum Gasteiger partial charge on any atom is 0.165 e. The molecule has 0 aliphatic rings. The monoisotopic (exact) mass is 337 g/mol. The number of nitrogens with zero attached hydrogens (tertiary/aromatic N) is 4. The summed E-state index contributed by atoms with van der Waals surface area (Å²) in [5, 5.41) is 10.5. The third kappa shape index (κ3) is 4.49. The fourth-order valence-corrected chi connectivity index (χ4v) is 3.64. The number of hydrogen-bond donors (Lipinski definition) is 2. The summed E-state index contributed by atoms with van der Waals surface area (Å²) in [7, 11) is -1.22. The first-order chi connectivity index (χ1) is 10.7. The molecule has 0 radical (unpaired) electrons. The summed E-state index contributed by atoms with van der Waals surface area (Å²) in [6, 6.07) is 0. The molecule has 7 nitrogen and oxygen atoms in total. The summed E-state index contributed by atoms with van der Waals surface area (Å²) >= 11 is 0. The molecule has 8 heteroatoms. The second-order valence-electron chi connectivity index (χ2n) is 7.16. The van der Waals surface area contributed by atoms with Gasteiger partial charge in [0.1, 0.15) is 11.8 Å². The van der Waals surface area contributed by atoms with Crippen LogP contribution in [0.15, 0.2) is 12.7 Å². The lowest BCUT2D eigenvalue weighted by Gasteiger charge is -2.32. The molecule has 0 spiro atoms. The van der Waals surface area contributed by atoms with Crippen molar-refractivity contribution in [3.63, 3.8) is 0 Å². The van der Waals surface area contributed by atoms with Gasteiger partial charge in [-0.3, -0.25) is 0 Å². The molecule has 2 atom stereocenters. The van der Waals surface area contributed by atoms with Crippen molar-refractivity contribution in [1.82, 2.24) is 19.5 Å². The van der Waals surface area contributed by atoms with E-state index in [4.69, 9.17) is 10.5 Å². The summed E-state index contributed by atoms with van der Waals surface area (Å²) in [5.74, 6) is 0.380. The van der Waals surface area contributed by atoms with E-state index in [1.54, 1.807) is 6.33 Å². The molecule has 0 fully saturated rings. The van der Waals surface area contributed by atoms with E-state index in [9.17, 15) is 5.11 Å². The Kier molecular flexibility index (Phi) is 5.38. The first-order valence-corrected chi connectivity index (χ1v) is 10.9. The van der Waals surface area contributed by atoms with E-state index in [1.165, 1.54) is 6.33 Å². The number of nitrogens with two attached hydrogens (primary N) is 1. The minimum absolute atomic E-state index is 0.196. The van der Waals surface area contributed by atoms with Crippen LogP contribution in [-0.2, 0) is 11.3 Å². The average Bonchev–Trinajstić information content (AvgIpc) is 2.86. The zero-order valence-corrected chi connectivity index (χ0v) is 15.7. The van der Waals surface area contributed by atoms with Gasteiger partial charge in [0, 0.05) is 6.54 Å². The fraction of sp³-hybridized carbons (Fsp3) is 0.667. The standard InChI is InChI=1S/C15H27N5O2Si/c1-15(2,3)22-10(14(21)23(4)5)6-7-20-9-19-11-12(16)17-8-18-13(11)20/h8-10,14,21,23H,6-7H2,1-5H3,(H2,16,17,18). The predicted molar refractivity (Wildman–Crippen MR) is 93.9 cm³/mol. The van der Waals surface area contributed by atoms with E-state index in [0.717, 1.165) is 0 Å². The molecule has 3 N–H and O–H groups in total. The van der Waals surface area contributed by atoms with Gasteiger partial charge in [-0.2, -0.15) is 0 Å². The van der Waals surface area contributed by atoms with Crippen LogP contribution in [-0.4, -0.2) is 50.9 Å². The molecule has 2 rings (SSSR count). The molecular weight excluding hydrogens is 310 g/mol. The first kappa shape index (κ1) is 17.8. The maximum atomic E-state index is 10.5.